The topological polar surface area (TPSA) is 169 Å². The molecule has 3 aromatic rings. The molecule has 0 aromatic heterocycles. The number of hydrogen-bond donors (Lipinski definition) is 5. The van der Waals surface area contributed by atoms with Crippen molar-refractivity contribution in [2.75, 3.05) is 0 Å². The van der Waals surface area contributed by atoms with Crippen molar-refractivity contribution >= 4 is 41.8 Å². The summed E-state index contributed by atoms with van der Waals surface area (Å²) in [7, 11) is 0. The van der Waals surface area contributed by atoms with Gasteiger partial charge in [-0.25, -0.2) is 4.79 Å². The van der Waals surface area contributed by atoms with Gasteiger partial charge in [0.15, 0.2) is 0 Å². The summed E-state index contributed by atoms with van der Waals surface area (Å²) in [6, 6.07) is 16.0. The number of rotatable bonds is 8. The third kappa shape index (κ3) is 6.64. The minimum Gasteiger partial charge on any atom is -0.480 e. The van der Waals surface area contributed by atoms with Crippen LogP contribution in [0, 0.1) is 0 Å². The molecule has 0 aliphatic heterocycles. The molecular formula is C23H22AsN3O7. The van der Waals surface area contributed by atoms with Gasteiger partial charge in [-0.2, -0.15) is 0 Å². The number of hydrogen-bond acceptors (Lipinski definition) is 6. The zero-order chi connectivity index (χ0) is 24.9. The molecule has 0 unspecified atom stereocenters. The second-order valence-corrected chi connectivity index (χ2v) is 10.8. The van der Waals surface area contributed by atoms with Crippen molar-refractivity contribution in [3.8, 4) is 16.9 Å². The molecule has 0 spiro atoms. The fourth-order valence-corrected chi connectivity index (χ4v) is 4.29. The number of carboxylic acids is 1. The number of benzene rings is 3. The molecule has 0 aliphatic carbocycles. The van der Waals surface area contributed by atoms with Crippen LogP contribution in [0.3, 0.4) is 0 Å². The number of nitrogens with one attached hydrogen (secondary N) is 1. The van der Waals surface area contributed by atoms with Crippen molar-refractivity contribution in [2.24, 2.45) is 10.2 Å². The number of phenols is 1. The second-order valence-electron chi connectivity index (χ2n) is 7.45. The van der Waals surface area contributed by atoms with E-state index >= 15 is 0 Å². The van der Waals surface area contributed by atoms with Gasteiger partial charge in [0.25, 0.3) is 0 Å². The molecule has 0 bridgehead atoms. The number of carbonyl (C=O) groups excluding carboxylic acids is 1. The Morgan fingerprint density at radius 1 is 0.941 bits per heavy atom. The second kappa shape index (κ2) is 10.5. The Morgan fingerprint density at radius 3 is 2.00 bits per heavy atom. The molecule has 3 aromatic carbocycles. The number of carbonyl (C=O) groups is 2. The van der Waals surface area contributed by atoms with Crippen molar-refractivity contribution in [3.05, 3.63) is 72.3 Å². The predicted octanol–water partition coefficient (Wildman–Crippen LogP) is 2.17. The number of nitrogens with zero attached hydrogens (tertiary/aromatic N) is 2. The van der Waals surface area contributed by atoms with E-state index in [0.29, 0.717) is 28.1 Å². The van der Waals surface area contributed by atoms with Crippen molar-refractivity contribution in [1.29, 1.82) is 0 Å². The van der Waals surface area contributed by atoms with Gasteiger partial charge in [0.05, 0.1) is 0 Å². The first-order valence-corrected chi connectivity index (χ1v) is 13.4. The van der Waals surface area contributed by atoms with Crippen molar-refractivity contribution in [2.45, 2.75) is 19.4 Å². The van der Waals surface area contributed by atoms with Gasteiger partial charge in [0.2, 0.25) is 5.91 Å². The Balaban J connectivity index is 1.77. The van der Waals surface area contributed by atoms with Crippen LogP contribution in [0.2, 0.25) is 0 Å². The van der Waals surface area contributed by atoms with E-state index < -0.39 is 32.1 Å². The van der Waals surface area contributed by atoms with Crippen LogP contribution in [0.15, 0.2) is 77.0 Å². The summed E-state index contributed by atoms with van der Waals surface area (Å²) in [5.41, 5.74) is 2.71. The number of aromatic hydroxyl groups is 1. The van der Waals surface area contributed by atoms with Gasteiger partial charge < -0.3 is 15.5 Å². The summed E-state index contributed by atoms with van der Waals surface area (Å²) in [6.45, 7) is 1.25. The number of aliphatic carboxylic acids is 1. The summed E-state index contributed by atoms with van der Waals surface area (Å²) in [6.07, 6.45) is 0.0520. The van der Waals surface area contributed by atoms with Crippen LogP contribution >= 0.6 is 0 Å². The number of phenolic OH excluding ortho intramolecular Hbond substituents is 1. The molecule has 34 heavy (non-hydrogen) atoms. The molecule has 0 saturated carbocycles. The number of carboxylic acid groups (broad SMARTS) is 1. The van der Waals surface area contributed by atoms with Crippen LogP contribution in [-0.4, -0.2) is 50.5 Å². The monoisotopic (exact) mass is 527 g/mol. The van der Waals surface area contributed by atoms with Crippen LogP contribution < -0.4 is 9.67 Å². The minimum atomic E-state index is -4.94. The van der Waals surface area contributed by atoms with Gasteiger partial charge in [-0.15, -0.1) is 0 Å². The average Bonchev–Trinajstić information content (AvgIpc) is 2.78. The van der Waals surface area contributed by atoms with Crippen LogP contribution in [-0.2, 0) is 19.7 Å². The Kier molecular flexibility index (Phi) is 7.67. The SMILES string of the molecule is CC(=O)N[C@@H](Cc1ccc(O)c(-c2ccc(/N=N/c3ccc([As](=O)(O)O)cc3)cc2)c1)C(=O)O. The Labute approximate surface area is 197 Å². The van der Waals surface area contributed by atoms with E-state index in [1.807, 2.05) is 0 Å². The summed E-state index contributed by atoms with van der Waals surface area (Å²) in [5, 5.41) is 30.1. The molecule has 10 nitrogen and oxygen atoms in total. The quantitative estimate of drug-likeness (QED) is 0.221. The molecule has 0 heterocycles. The molecule has 1 atom stereocenters. The number of azo groups is 1. The predicted molar refractivity (Wildman–Crippen MR) is 124 cm³/mol. The fraction of sp³-hybridized carbons (Fsp3) is 0.130. The summed E-state index contributed by atoms with van der Waals surface area (Å²) < 4.78 is 29.6. The summed E-state index contributed by atoms with van der Waals surface area (Å²) in [4.78, 5) is 22.7. The smallest absolute Gasteiger partial charge is 0.480 e. The van der Waals surface area contributed by atoms with Crippen LogP contribution in [0.5, 0.6) is 5.75 Å². The van der Waals surface area contributed by atoms with Gasteiger partial charge in [-0.3, -0.25) is 4.79 Å². The Morgan fingerprint density at radius 2 is 1.50 bits per heavy atom. The normalized spacial score (nSPS) is 12.4. The molecular weight excluding hydrogens is 505 g/mol. The molecule has 1 amide bonds. The van der Waals surface area contributed by atoms with Crippen LogP contribution in [0.25, 0.3) is 11.1 Å². The van der Waals surface area contributed by atoms with Gasteiger partial charge in [-0.1, -0.05) is 6.07 Å². The van der Waals surface area contributed by atoms with E-state index in [0.717, 1.165) is 0 Å². The van der Waals surface area contributed by atoms with E-state index in [9.17, 15) is 31.7 Å². The Bertz CT molecular complexity index is 1270. The fourth-order valence-electron chi connectivity index (χ4n) is 3.16. The van der Waals surface area contributed by atoms with Crippen molar-refractivity contribution in [1.82, 2.24) is 5.32 Å². The first-order valence-electron chi connectivity index (χ1n) is 10.0. The third-order valence-electron chi connectivity index (χ3n) is 4.82. The Hall–Kier alpha value is -3.72. The van der Waals surface area contributed by atoms with Crippen LogP contribution in [0.1, 0.15) is 12.5 Å². The maximum atomic E-state index is 11.4. The molecule has 0 saturated heterocycles. The van der Waals surface area contributed by atoms with E-state index in [1.54, 1.807) is 36.4 Å². The van der Waals surface area contributed by atoms with E-state index in [2.05, 4.69) is 15.5 Å². The van der Waals surface area contributed by atoms with E-state index in [4.69, 9.17) is 0 Å². The average molecular weight is 527 g/mol. The summed E-state index contributed by atoms with van der Waals surface area (Å²) in [5.74, 6) is -1.59. The van der Waals surface area contributed by atoms with Gasteiger partial charge >= 0.3 is 130 Å². The molecule has 3 rings (SSSR count). The molecule has 0 fully saturated rings. The van der Waals surface area contributed by atoms with Crippen LogP contribution in [0.4, 0.5) is 11.4 Å². The van der Waals surface area contributed by atoms with Gasteiger partial charge in [0.1, 0.15) is 6.04 Å². The van der Waals surface area contributed by atoms with Gasteiger partial charge in [0, 0.05) is 13.3 Å². The van der Waals surface area contributed by atoms with Gasteiger partial charge in [-0.05, 0) is 11.6 Å². The van der Waals surface area contributed by atoms with Crippen molar-refractivity contribution < 1.29 is 31.7 Å². The molecule has 5 N–H and O–H groups in total. The molecule has 176 valence electrons. The maximum absolute atomic E-state index is 11.4. The van der Waals surface area contributed by atoms with E-state index in [1.165, 1.54) is 37.3 Å². The molecule has 11 heteroatoms. The summed E-state index contributed by atoms with van der Waals surface area (Å²) >= 11 is -4.94. The van der Waals surface area contributed by atoms with E-state index in [-0.39, 0.29) is 16.5 Å². The standard InChI is InChI=1S/C23H22AsN3O7/c1-14(28)25-21(23(30)31)13-15-2-11-22(29)20(12-15)16-3-7-18(8-4-16)26-27-19-9-5-17(6-10-19)24(32,33)34/h2-12,21,29H,13H2,1H3,(H,25,28)(H,30,31)(H2,32,33,34)/b27-26+/t21-/m0/s1. The first-order chi connectivity index (χ1) is 16.0. The number of amides is 1. The zero-order valence-corrected chi connectivity index (χ0v) is 19.9. The molecule has 0 aliphatic rings. The third-order valence-corrected chi connectivity index (χ3v) is 6.86. The minimum absolute atomic E-state index is 0.0104. The zero-order valence-electron chi connectivity index (χ0n) is 18.0. The first kappa shape index (κ1) is 24.9. The molecule has 0 radical (unpaired) electrons. The van der Waals surface area contributed by atoms with Crippen molar-refractivity contribution in [3.63, 3.8) is 0 Å².